The largest absolute Gasteiger partial charge is 0.379 e. The molecular weight excluding hydrogens is 236 g/mol. The lowest BCUT2D eigenvalue weighted by atomic mass is 10.1. The van der Waals surface area contributed by atoms with Gasteiger partial charge in [-0.25, -0.2) is 8.42 Å². The minimum atomic E-state index is -3.33. The Labute approximate surface area is 97.6 Å². The molecule has 0 N–H and O–H groups in total. The van der Waals surface area contributed by atoms with Crippen molar-refractivity contribution in [1.82, 2.24) is 0 Å². The summed E-state index contributed by atoms with van der Waals surface area (Å²) in [6.45, 7) is 6.82. The molecule has 15 heavy (non-hydrogen) atoms. The summed E-state index contributed by atoms with van der Waals surface area (Å²) in [5.41, 5.74) is 0. The van der Waals surface area contributed by atoms with Crippen LogP contribution in [0.25, 0.3) is 0 Å². The topological polar surface area (TPSA) is 43.4 Å². The standard InChI is InChI=1S/C10H21ClO3S/c1-4-10(3)14-7-5-9(2)6-8-15(11,12)13/h9-10H,4-8H2,1-3H3. The number of hydrogen-bond acceptors (Lipinski definition) is 3. The summed E-state index contributed by atoms with van der Waals surface area (Å²) in [4.78, 5) is 0. The van der Waals surface area contributed by atoms with Crippen LogP contribution in [0.15, 0.2) is 0 Å². The van der Waals surface area contributed by atoms with E-state index < -0.39 is 9.05 Å². The Kier molecular flexibility index (Phi) is 7.57. The van der Waals surface area contributed by atoms with Gasteiger partial charge in [-0.1, -0.05) is 13.8 Å². The summed E-state index contributed by atoms with van der Waals surface area (Å²) >= 11 is 0. The van der Waals surface area contributed by atoms with E-state index in [-0.39, 0.29) is 11.9 Å². The second kappa shape index (κ2) is 7.47. The molecule has 0 amide bonds. The summed E-state index contributed by atoms with van der Waals surface area (Å²) < 4.78 is 26.9. The SMILES string of the molecule is CCC(C)OCCC(C)CCS(=O)(=O)Cl. The highest BCUT2D eigenvalue weighted by atomic mass is 35.7. The highest BCUT2D eigenvalue weighted by Crippen LogP contribution is 2.12. The van der Waals surface area contributed by atoms with Crippen molar-refractivity contribution in [1.29, 1.82) is 0 Å². The summed E-state index contributed by atoms with van der Waals surface area (Å²) in [6, 6.07) is 0. The third-order valence-corrected chi connectivity index (χ3v) is 3.63. The van der Waals surface area contributed by atoms with Crippen LogP contribution in [0.1, 0.15) is 40.0 Å². The molecule has 0 heterocycles. The molecule has 0 spiro atoms. The van der Waals surface area contributed by atoms with Gasteiger partial charge in [-0.15, -0.1) is 0 Å². The third-order valence-electron chi connectivity index (χ3n) is 2.44. The Balaban J connectivity index is 3.54. The second-order valence-corrected chi connectivity index (χ2v) is 6.91. The Bertz CT molecular complexity index is 251. The fourth-order valence-electron chi connectivity index (χ4n) is 1.07. The summed E-state index contributed by atoms with van der Waals surface area (Å²) in [7, 11) is 1.79. The number of hydrogen-bond donors (Lipinski definition) is 0. The van der Waals surface area contributed by atoms with E-state index in [9.17, 15) is 8.42 Å². The van der Waals surface area contributed by atoms with Crippen LogP contribution in [0.2, 0.25) is 0 Å². The van der Waals surface area contributed by atoms with E-state index in [0.29, 0.717) is 18.9 Å². The van der Waals surface area contributed by atoms with Gasteiger partial charge in [0.2, 0.25) is 9.05 Å². The maximum atomic E-state index is 10.7. The van der Waals surface area contributed by atoms with Gasteiger partial charge in [0.15, 0.2) is 0 Å². The van der Waals surface area contributed by atoms with Crippen LogP contribution in [0.4, 0.5) is 0 Å². The highest BCUT2D eigenvalue weighted by Gasteiger charge is 2.10. The lowest BCUT2D eigenvalue weighted by Crippen LogP contribution is -2.11. The van der Waals surface area contributed by atoms with Gasteiger partial charge in [0.25, 0.3) is 0 Å². The van der Waals surface area contributed by atoms with Gasteiger partial charge in [0.1, 0.15) is 0 Å². The first kappa shape index (κ1) is 15.2. The van der Waals surface area contributed by atoms with Crippen molar-refractivity contribution in [3.05, 3.63) is 0 Å². The molecule has 0 aliphatic rings. The van der Waals surface area contributed by atoms with Gasteiger partial charge >= 0.3 is 0 Å². The maximum absolute atomic E-state index is 10.7. The normalized spacial score (nSPS) is 16.3. The zero-order valence-corrected chi connectivity index (χ0v) is 11.3. The number of halogens is 1. The zero-order valence-electron chi connectivity index (χ0n) is 9.70. The quantitative estimate of drug-likeness (QED) is 0.628. The molecule has 5 heteroatoms. The van der Waals surface area contributed by atoms with E-state index in [4.69, 9.17) is 15.4 Å². The molecule has 0 radical (unpaired) electrons. The molecule has 3 nitrogen and oxygen atoms in total. The van der Waals surface area contributed by atoms with Crippen molar-refractivity contribution < 1.29 is 13.2 Å². The predicted octanol–water partition coefficient (Wildman–Crippen LogP) is 2.79. The van der Waals surface area contributed by atoms with Crippen LogP contribution in [0.3, 0.4) is 0 Å². The lowest BCUT2D eigenvalue weighted by molar-refractivity contribution is 0.0552. The minimum Gasteiger partial charge on any atom is -0.379 e. The molecule has 0 rings (SSSR count). The monoisotopic (exact) mass is 256 g/mol. The molecule has 0 saturated heterocycles. The Morgan fingerprint density at radius 3 is 2.33 bits per heavy atom. The first-order valence-corrected chi connectivity index (χ1v) is 7.87. The van der Waals surface area contributed by atoms with Crippen LogP contribution in [-0.2, 0) is 13.8 Å². The van der Waals surface area contributed by atoms with Gasteiger partial charge < -0.3 is 4.74 Å². The molecule has 0 aliphatic heterocycles. The van der Waals surface area contributed by atoms with Crippen LogP contribution >= 0.6 is 10.7 Å². The van der Waals surface area contributed by atoms with Crippen molar-refractivity contribution in [2.75, 3.05) is 12.4 Å². The molecular formula is C10H21ClO3S. The van der Waals surface area contributed by atoms with Crippen molar-refractivity contribution in [3.8, 4) is 0 Å². The predicted molar refractivity (Wildman–Crippen MR) is 63.7 cm³/mol. The molecule has 92 valence electrons. The van der Waals surface area contributed by atoms with Crippen LogP contribution in [0.5, 0.6) is 0 Å². The van der Waals surface area contributed by atoms with Crippen LogP contribution in [-0.4, -0.2) is 26.9 Å². The van der Waals surface area contributed by atoms with Crippen molar-refractivity contribution in [3.63, 3.8) is 0 Å². The molecule has 0 aromatic heterocycles. The molecule has 0 bridgehead atoms. The Hall–Kier alpha value is 0.200. The molecule has 0 aliphatic carbocycles. The van der Waals surface area contributed by atoms with Gasteiger partial charge in [-0.3, -0.25) is 0 Å². The molecule has 0 aromatic carbocycles. The Morgan fingerprint density at radius 2 is 1.87 bits per heavy atom. The van der Waals surface area contributed by atoms with E-state index in [0.717, 1.165) is 12.8 Å². The summed E-state index contributed by atoms with van der Waals surface area (Å²) in [6.07, 6.45) is 2.78. The minimum absolute atomic E-state index is 0.0546. The van der Waals surface area contributed by atoms with E-state index in [1.54, 1.807) is 0 Å². The van der Waals surface area contributed by atoms with Gasteiger partial charge in [-0.2, -0.15) is 0 Å². The summed E-state index contributed by atoms with van der Waals surface area (Å²) in [5.74, 6) is 0.390. The van der Waals surface area contributed by atoms with Crippen LogP contribution in [0, 0.1) is 5.92 Å². The fraction of sp³-hybridized carbons (Fsp3) is 1.00. The van der Waals surface area contributed by atoms with Gasteiger partial charge in [0, 0.05) is 17.3 Å². The van der Waals surface area contributed by atoms with Crippen molar-refractivity contribution >= 4 is 19.7 Å². The average molecular weight is 257 g/mol. The highest BCUT2D eigenvalue weighted by molar-refractivity contribution is 8.13. The van der Waals surface area contributed by atoms with Gasteiger partial charge in [-0.05, 0) is 32.1 Å². The number of ether oxygens (including phenoxy) is 1. The Morgan fingerprint density at radius 1 is 1.27 bits per heavy atom. The average Bonchev–Trinajstić information content (AvgIpc) is 2.13. The molecule has 0 aromatic rings. The van der Waals surface area contributed by atoms with Crippen molar-refractivity contribution in [2.24, 2.45) is 5.92 Å². The van der Waals surface area contributed by atoms with Crippen LogP contribution < -0.4 is 0 Å². The van der Waals surface area contributed by atoms with Crippen molar-refractivity contribution in [2.45, 2.75) is 46.1 Å². The fourth-order valence-corrected chi connectivity index (χ4v) is 2.03. The third kappa shape index (κ3) is 10.5. The summed E-state index contributed by atoms with van der Waals surface area (Å²) in [5, 5.41) is 0. The molecule has 2 atom stereocenters. The lowest BCUT2D eigenvalue weighted by Gasteiger charge is -2.13. The zero-order chi connectivity index (χ0) is 11.9. The second-order valence-electron chi connectivity index (χ2n) is 4.02. The van der Waals surface area contributed by atoms with Gasteiger partial charge in [0.05, 0.1) is 11.9 Å². The molecule has 2 unspecified atom stereocenters. The first-order chi connectivity index (χ1) is 6.85. The first-order valence-electron chi connectivity index (χ1n) is 5.39. The number of rotatable bonds is 8. The van der Waals surface area contributed by atoms with E-state index in [2.05, 4.69) is 6.92 Å². The van der Waals surface area contributed by atoms with E-state index in [1.807, 2.05) is 13.8 Å². The maximum Gasteiger partial charge on any atom is 0.232 e. The molecule has 0 fully saturated rings. The smallest absolute Gasteiger partial charge is 0.232 e. The molecule has 0 saturated carbocycles. The van der Waals surface area contributed by atoms with E-state index >= 15 is 0 Å². The van der Waals surface area contributed by atoms with E-state index in [1.165, 1.54) is 0 Å².